The van der Waals surface area contributed by atoms with E-state index in [4.69, 9.17) is 0 Å². The molecular formula is C17H20N6O. The molecule has 0 aliphatic rings. The Kier molecular flexibility index (Phi) is 4.69. The Hall–Kier alpha value is -2.96. The van der Waals surface area contributed by atoms with Crippen molar-refractivity contribution in [1.29, 1.82) is 0 Å². The Morgan fingerprint density at radius 1 is 1.29 bits per heavy atom. The van der Waals surface area contributed by atoms with Gasteiger partial charge in [-0.2, -0.15) is 5.10 Å². The summed E-state index contributed by atoms with van der Waals surface area (Å²) in [5.74, 6) is 0.740. The van der Waals surface area contributed by atoms with Crippen molar-refractivity contribution in [2.24, 2.45) is 0 Å². The van der Waals surface area contributed by atoms with Crippen LogP contribution in [-0.4, -0.2) is 36.8 Å². The first kappa shape index (κ1) is 15.9. The van der Waals surface area contributed by atoms with E-state index in [9.17, 15) is 4.79 Å². The average molecular weight is 324 g/mol. The maximum absolute atomic E-state index is 12.1. The summed E-state index contributed by atoms with van der Waals surface area (Å²) in [6, 6.07) is 3.86. The van der Waals surface area contributed by atoms with Crippen molar-refractivity contribution in [2.45, 2.75) is 26.9 Å². The molecule has 0 aromatic carbocycles. The van der Waals surface area contributed by atoms with E-state index in [2.05, 4.69) is 25.0 Å². The highest BCUT2D eigenvalue weighted by molar-refractivity contribution is 5.93. The Balaban J connectivity index is 1.65. The lowest BCUT2D eigenvalue weighted by Gasteiger charge is -2.10. The monoisotopic (exact) mass is 324 g/mol. The minimum Gasteiger partial charge on any atom is -0.350 e. The highest BCUT2D eigenvalue weighted by Gasteiger charge is 2.11. The van der Waals surface area contributed by atoms with Gasteiger partial charge in [0.25, 0.3) is 5.91 Å². The molecule has 3 rings (SSSR count). The first-order valence-electron chi connectivity index (χ1n) is 7.92. The minimum absolute atomic E-state index is 0.115. The quantitative estimate of drug-likeness (QED) is 0.751. The fourth-order valence-corrected chi connectivity index (χ4v) is 2.51. The van der Waals surface area contributed by atoms with Crippen LogP contribution in [0.3, 0.4) is 0 Å². The Bertz CT molecular complexity index is 821. The second-order valence-corrected chi connectivity index (χ2v) is 5.46. The van der Waals surface area contributed by atoms with Gasteiger partial charge in [0, 0.05) is 55.7 Å². The zero-order valence-electron chi connectivity index (χ0n) is 13.8. The number of nitrogens with zero attached hydrogens (tertiary/aromatic N) is 5. The number of hydrogen-bond acceptors (Lipinski definition) is 4. The Morgan fingerprint density at radius 3 is 2.88 bits per heavy atom. The zero-order valence-corrected chi connectivity index (χ0v) is 13.8. The fourth-order valence-electron chi connectivity index (χ4n) is 2.51. The van der Waals surface area contributed by atoms with Gasteiger partial charge in [0.05, 0.1) is 11.8 Å². The molecule has 1 amide bonds. The Morgan fingerprint density at radius 2 is 2.17 bits per heavy atom. The van der Waals surface area contributed by atoms with Crippen molar-refractivity contribution >= 4 is 5.91 Å². The van der Waals surface area contributed by atoms with Gasteiger partial charge in [-0.15, -0.1) is 0 Å². The number of carbonyl (C=O) groups excluding carboxylic acids is 1. The molecule has 0 bridgehead atoms. The van der Waals surface area contributed by atoms with E-state index in [1.807, 2.05) is 32.2 Å². The summed E-state index contributed by atoms with van der Waals surface area (Å²) in [7, 11) is 0. The third kappa shape index (κ3) is 3.34. The molecular weight excluding hydrogens is 304 g/mol. The van der Waals surface area contributed by atoms with Crippen LogP contribution in [0, 0.1) is 6.92 Å². The van der Waals surface area contributed by atoms with Gasteiger partial charge in [-0.3, -0.25) is 14.5 Å². The van der Waals surface area contributed by atoms with Gasteiger partial charge in [-0.1, -0.05) is 0 Å². The van der Waals surface area contributed by atoms with Crippen LogP contribution in [0.4, 0.5) is 0 Å². The molecule has 0 aliphatic heterocycles. The van der Waals surface area contributed by atoms with Crippen molar-refractivity contribution in [2.75, 3.05) is 6.54 Å². The number of carbonyl (C=O) groups is 1. The van der Waals surface area contributed by atoms with Crippen molar-refractivity contribution in [3.63, 3.8) is 0 Å². The molecule has 0 saturated heterocycles. The molecule has 3 aromatic heterocycles. The van der Waals surface area contributed by atoms with Crippen LogP contribution in [0.5, 0.6) is 0 Å². The van der Waals surface area contributed by atoms with Gasteiger partial charge in [0.1, 0.15) is 5.82 Å². The van der Waals surface area contributed by atoms with Crippen molar-refractivity contribution < 1.29 is 4.79 Å². The molecule has 0 radical (unpaired) electrons. The largest absolute Gasteiger partial charge is 0.350 e. The van der Waals surface area contributed by atoms with E-state index in [0.717, 1.165) is 23.6 Å². The van der Waals surface area contributed by atoms with E-state index >= 15 is 0 Å². The van der Waals surface area contributed by atoms with Gasteiger partial charge in [0.15, 0.2) is 0 Å². The minimum atomic E-state index is -0.115. The number of nitrogens with one attached hydrogen (secondary N) is 1. The van der Waals surface area contributed by atoms with Crippen LogP contribution in [-0.2, 0) is 13.1 Å². The van der Waals surface area contributed by atoms with Crippen LogP contribution >= 0.6 is 0 Å². The summed E-state index contributed by atoms with van der Waals surface area (Å²) in [6.07, 6.45) is 8.69. The van der Waals surface area contributed by atoms with Crippen LogP contribution < -0.4 is 5.32 Å². The van der Waals surface area contributed by atoms with Gasteiger partial charge >= 0.3 is 0 Å². The van der Waals surface area contributed by atoms with Gasteiger partial charge in [-0.25, -0.2) is 4.98 Å². The summed E-state index contributed by atoms with van der Waals surface area (Å²) in [6.45, 7) is 5.89. The van der Waals surface area contributed by atoms with E-state index in [1.54, 1.807) is 29.5 Å². The number of aryl methyl sites for hydroxylation is 2. The van der Waals surface area contributed by atoms with Crippen LogP contribution in [0.2, 0.25) is 0 Å². The maximum Gasteiger partial charge on any atom is 0.254 e. The first-order valence-corrected chi connectivity index (χ1v) is 7.92. The molecule has 24 heavy (non-hydrogen) atoms. The van der Waals surface area contributed by atoms with E-state index < -0.39 is 0 Å². The molecule has 0 unspecified atom stereocenters. The smallest absolute Gasteiger partial charge is 0.254 e. The number of amides is 1. The lowest BCUT2D eigenvalue weighted by Crippen LogP contribution is -2.27. The second kappa shape index (κ2) is 7.08. The van der Waals surface area contributed by atoms with Gasteiger partial charge in [-0.05, 0) is 26.0 Å². The predicted octanol–water partition coefficient (Wildman–Crippen LogP) is 1.90. The first-order chi connectivity index (χ1) is 11.7. The van der Waals surface area contributed by atoms with Crippen molar-refractivity contribution in [3.8, 4) is 11.4 Å². The number of aromatic nitrogens is 5. The topological polar surface area (TPSA) is 77.6 Å². The second-order valence-electron chi connectivity index (χ2n) is 5.46. The number of rotatable bonds is 6. The standard InChI is InChI=1S/C17H20N6O/c1-3-22-12-15(11-21-22)17(24)19-7-8-23-13(2)9-20-16(23)14-5-4-6-18-10-14/h4-6,9-12H,3,7-8H2,1-2H3,(H,19,24). The molecule has 0 spiro atoms. The summed E-state index contributed by atoms with van der Waals surface area (Å²) < 4.78 is 3.81. The molecule has 0 atom stereocenters. The van der Waals surface area contributed by atoms with Crippen LogP contribution in [0.1, 0.15) is 23.0 Å². The SMILES string of the molecule is CCn1cc(C(=O)NCCn2c(C)cnc2-c2cccnc2)cn1. The van der Waals surface area contributed by atoms with Crippen LogP contribution in [0.15, 0.2) is 43.1 Å². The average Bonchev–Trinajstić information content (AvgIpc) is 3.23. The molecule has 3 heterocycles. The molecule has 3 aromatic rings. The third-order valence-corrected chi connectivity index (χ3v) is 3.82. The maximum atomic E-state index is 12.1. The Labute approximate surface area is 140 Å². The predicted molar refractivity (Wildman–Crippen MR) is 90.4 cm³/mol. The van der Waals surface area contributed by atoms with Gasteiger partial charge < -0.3 is 9.88 Å². The molecule has 0 aliphatic carbocycles. The normalized spacial score (nSPS) is 10.8. The van der Waals surface area contributed by atoms with E-state index in [1.165, 1.54) is 0 Å². The molecule has 0 saturated carbocycles. The highest BCUT2D eigenvalue weighted by atomic mass is 16.1. The lowest BCUT2D eigenvalue weighted by atomic mass is 10.2. The molecule has 7 nitrogen and oxygen atoms in total. The van der Waals surface area contributed by atoms with Crippen molar-refractivity contribution in [3.05, 3.63) is 54.4 Å². The zero-order chi connectivity index (χ0) is 16.9. The fraction of sp³-hybridized carbons (Fsp3) is 0.294. The lowest BCUT2D eigenvalue weighted by molar-refractivity contribution is 0.0952. The molecule has 1 N–H and O–H groups in total. The summed E-state index contributed by atoms with van der Waals surface area (Å²) in [5, 5.41) is 7.04. The summed E-state index contributed by atoms with van der Waals surface area (Å²) >= 11 is 0. The molecule has 124 valence electrons. The number of imidazole rings is 1. The van der Waals surface area contributed by atoms with Gasteiger partial charge in [0.2, 0.25) is 0 Å². The van der Waals surface area contributed by atoms with Crippen molar-refractivity contribution in [1.82, 2.24) is 29.6 Å². The third-order valence-electron chi connectivity index (χ3n) is 3.82. The van der Waals surface area contributed by atoms with E-state index in [0.29, 0.717) is 18.7 Å². The molecule has 0 fully saturated rings. The summed E-state index contributed by atoms with van der Waals surface area (Å²) in [4.78, 5) is 20.7. The summed E-state index contributed by atoms with van der Waals surface area (Å²) in [5.41, 5.74) is 2.58. The van der Waals surface area contributed by atoms with Crippen LogP contribution in [0.25, 0.3) is 11.4 Å². The highest BCUT2D eigenvalue weighted by Crippen LogP contribution is 2.17. The van der Waals surface area contributed by atoms with E-state index in [-0.39, 0.29) is 5.91 Å². The number of pyridine rings is 1. The molecule has 7 heteroatoms. The number of hydrogen-bond donors (Lipinski definition) is 1.